The summed E-state index contributed by atoms with van der Waals surface area (Å²) in [6.45, 7) is 6.76. The molecule has 0 saturated carbocycles. The average molecular weight is 194 g/mol. The summed E-state index contributed by atoms with van der Waals surface area (Å²) in [7, 11) is 0. The first-order valence-corrected chi connectivity index (χ1v) is 5.31. The van der Waals surface area contributed by atoms with Gasteiger partial charge in [-0.15, -0.1) is 0 Å². The minimum absolute atomic E-state index is 0.0751. The van der Waals surface area contributed by atoms with E-state index in [0.29, 0.717) is 5.92 Å². The average Bonchev–Trinajstić information content (AvgIpc) is 2.19. The van der Waals surface area contributed by atoms with Gasteiger partial charge >= 0.3 is 0 Å². The van der Waals surface area contributed by atoms with Gasteiger partial charge in [-0.25, -0.2) is 0 Å². The second kappa shape index (κ2) is 4.45. The van der Waals surface area contributed by atoms with Crippen LogP contribution in [0.15, 0.2) is 0 Å². The van der Waals surface area contributed by atoms with Crippen molar-refractivity contribution >= 4 is 5.91 Å². The highest BCUT2D eigenvalue weighted by molar-refractivity contribution is 5.80. The Morgan fingerprint density at radius 1 is 1.64 bits per heavy atom. The minimum atomic E-state index is -0.225. The monoisotopic (exact) mass is 194 g/mol. The highest BCUT2D eigenvalue weighted by Gasteiger charge is 2.33. The lowest BCUT2D eigenvalue weighted by Crippen LogP contribution is -2.48. The summed E-state index contributed by atoms with van der Waals surface area (Å²) in [6.07, 6.45) is 1.74. The van der Waals surface area contributed by atoms with Crippen LogP contribution in [0.25, 0.3) is 0 Å². The third kappa shape index (κ3) is 1.89. The zero-order valence-corrected chi connectivity index (χ0v) is 9.16. The van der Waals surface area contributed by atoms with Gasteiger partial charge in [0.05, 0.1) is 6.07 Å². The Hall–Kier alpha value is -1.04. The summed E-state index contributed by atoms with van der Waals surface area (Å²) in [5.74, 6) is 0.679. The zero-order valence-electron chi connectivity index (χ0n) is 9.16. The van der Waals surface area contributed by atoms with Gasteiger partial charge in [0.2, 0.25) is 5.91 Å². The molecule has 0 bridgehead atoms. The maximum absolute atomic E-state index is 11.9. The highest BCUT2D eigenvalue weighted by Crippen LogP contribution is 2.25. The molecule has 14 heavy (non-hydrogen) atoms. The van der Waals surface area contributed by atoms with E-state index in [9.17, 15) is 4.79 Å². The molecule has 3 atom stereocenters. The van der Waals surface area contributed by atoms with E-state index in [-0.39, 0.29) is 17.9 Å². The SMILES string of the molecule is CCC(C#N)N1CCC(C)C(C)C1=O. The van der Waals surface area contributed by atoms with Crippen molar-refractivity contribution in [3.05, 3.63) is 0 Å². The van der Waals surface area contributed by atoms with Crippen molar-refractivity contribution in [2.45, 2.75) is 39.7 Å². The number of rotatable bonds is 2. The van der Waals surface area contributed by atoms with E-state index < -0.39 is 0 Å². The zero-order chi connectivity index (χ0) is 10.7. The van der Waals surface area contributed by atoms with Crippen molar-refractivity contribution in [1.82, 2.24) is 4.90 Å². The van der Waals surface area contributed by atoms with E-state index in [2.05, 4.69) is 13.0 Å². The molecular weight excluding hydrogens is 176 g/mol. The van der Waals surface area contributed by atoms with Gasteiger partial charge in [0, 0.05) is 12.5 Å². The van der Waals surface area contributed by atoms with Crippen LogP contribution in [0, 0.1) is 23.2 Å². The molecule has 1 aliphatic heterocycles. The van der Waals surface area contributed by atoms with Crippen molar-refractivity contribution < 1.29 is 4.79 Å². The second-order valence-electron chi connectivity index (χ2n) is 4.14. The standard InChI is InChI=1S/C11H18N2O/c1-4-10(7-12)13-6-5-8(2)9(3)11(13)14/h8-10H,4-6H2,1-3H3. The van der Waals surface area contributed by atoms with Crippen LogP contribution in [-0.4, -0.2) is 23.4 Å². The molecule has 0 radical (unpaired) electrons. The molecule has 0 N–H and O–H groups in total. The van der Waals surface area contributed by atoms with Gasteiger partial charge in [0.15, 0.2) is 0 Å². The third-order valence-corrected chi connectivity index (χ3v) is 3.26. The van der Waals surface area contributed by atoms with Crippen LogP contribution in [-0.2, 0) is 4.79 Å². The van der Waals surface area contributed by atoms with Gasteiger partial charge in [-0.3, -0.25) is 4.79 Å². The van der Waals surface area contributed by atoms with Crippen molar-refractivity contribution in [3.8, 4) is 6.07 Å². The number of amides is 1. The normalized spacial score (nSPS) is 29.9. The van der Waals surface area contributed by atoms with Crippen LogP contribution < -0.4 is 0 Å². The lowest BCUT2D eigenvalue weighted by Gasteiger charge is -2.36. The Labute approximate surface area is 85.7 Å². The number of likely N-dealkylation sites (tertiary alicyclic amines) is 1. The van der Waals surface area contributed by atoms with E-state index in [1.165, 1.54) is 0 Å². The molecule has 0 aliphatic carbocycles. The van der Waals surface area contributed by atoms with E-state index in [1.54, 1.807) is 4.90 Å². The number of nitrogens with zero attached hydrogens (tertiary/aromatic N) is 2. The quantitative estimate of drug-likeness (QED) is 0.672. The Bertz CT molecular complexity index is 257. The van der Waals surface area contributed by atoms with Crippen LogP contribution in [0.4, 0.5) is 0 Å². The van der Waals surface area contributed by atoms with E-state index in [1.807, 2.05) is 13.8 Å². The van der Waals surface area contributed by atoms with Gasteiger partial charge in [0.1, 0.15) is 6.04 Å². The van der Waals surface area contributed by atoms with Crippen LogP contribution >= 0.6 is 0 Å². The lowest BCUT2D eigenvalue weighted by molar-refractivity contribution is -0.141. The molecule has 78 valence electrons. The second-order valence-corrected chi connectivity index (χ2v) is 4.14. The van der Waals surface area contributed by atoms with E-state index in [0.717, 1.165) is 19.4 Å². The maximum Gasteiger partial charge on any atom is 0.226 e. The molecule has 3 unspecified atom stereocenters. The fourth-order valence-corrected chi connectivity index (χ4v) is 1.90. The first-order valence-electron chi connectivity index (χ1n) is 5.31. The molecule has 1 rings (SSSR count). The number of piperidine rings is 1. The van der Waals surface area contributed by atoms with Gasteiger partial charge < -0.3 is 4.90 Å². The molecule has 1 fully saturated rings. The number of hydrogen-bond acceptors (Lipinski definition) is 2. The molecule has 1 aliphatic rings. The Morgan fingerprint density at radius 2 is 2.29 bits per heavy atom. The predicted molar refractivity (Wildman–Crippen MR) is 54.4 cm³/mol. The van der Waals surface area contributed by atoms with Crippen LogP contribution in [0.5, 0.6) is 0 Å². The number of carbonyl (C=O) groups excluding carboxylic acids is 1. The van der Waals surface area contributed by atoms with Gasteiger partial charge in [-0.2, -0.15) is 5.26 Å². The van der Waals surface area contributed by atoms with Gasteiger partial charge in [0.25, 0.3) is 0 Å². The summed E-state index contributed by atoms with van der Waals surface area (Å²) >= 11 is 0. The summed E-state index contributed by atoms with van der Waals surface area (Å²) in [4.78, 5) is 13.6. The van der Waals surface area contributed by atoms with Crippen LogP contribution in [0.2, 0.25) is 0 Å². The highest BCUT2D eigenvalue weighted by atomic mass is 16.2. The molecule has 1 saturated heterocycles. The predicted octanol–water partition coefficient (Wildman–Crippen LogP) is 1.79. The molecule has 0 aromatic rings. The lowest BCUT2D eigenvalue weighted by atomic mass is 9.87. The van der Waals surface area contributed by atoms with E-state index in [4.69, 9.17) is 5.26 Å². The minimum Gasteiger partial charge on any atom is -0.326 e. The van der Waals surface area contributed by atoms with E-state index >= 15 is 0 Å². The Morgan fingerprint density at radius 3 is 2.79 bits per heavy atom. The molecule has 3 nitrogen and oxygen atoms in total. The van der Waals surface area contributed by atoms with Crippen molar-refractivity contribution in [3.63, 3.8) is 0 Å². The number of nitriles is 1. The first-order chi connectivity index (χ1) is 6.61. The smallest absolute Gasteiger partial charge is 0.226 e. The Kier molecular flexibility index (Phi) is 3.51. The molecule has 1 heterocycles. The van der Waals surface area contributed by atoms with Crippen LogP contribution in [0.1, 0.15) is 33.6 Å². The summed E-state index contributed by atoms with van der Waals surface area (Å²) in [6, 6.07) is 1.97. The van der Waals surface area contributed by atoms with Crippen molar-refractivity contribution in [1.29, 1.82) is 5.26 Å². The number of hydrogen-bond donors (Lipinski definition) is 0. The Balaban J connectivity index is 2.73. The summed E-state index contributed by atoms with van der Waals surface area (Å²) < 4.78 is 0. The fraction of sp³-hybridized carbons (Fsp3) is 0.818. The van der Waals surface area contributed by atoms with Gasteiger partial charge in [-0.1, -0.05) is 20.8 Å². The molecule has 1 amide bonds. The largest absolute Gasteiger partial charge is 0.326 e. The van der Waals surface area contributed by atoms with Crippen LogP contribution in [0.3, 0.4) is 0 Å². The summed E-state index contributed by atoms with van der Waals surface area (Å²) in [5, 5.41) is 8.90. The fourth-order valence-electron chi connectivity index (χ4n) is 1.90. The number of carbonyl (C=O) groups is 1. The first kappa shape index (κ1) is 11.0. The summed E-state index contributed by atoms with van der Waals surface area (Å²) in [5.41, 5.74) is 0. The topological polar surface area (TPSA) is 44.1 Å². The molecular formula is C11H18N2O. The molecule has 3 heteroatoms. The van der Waals surface area contributed by atoms with Crippen molar-refractivity contribution in [2.75, 3.05) is 6.54 Å². The molecule has 0 spiro atoms. The van der Waals surface area contributed by atoms with Gasteiger partial charge in [-0.05, 0) is 18.8 Å². The molecule has 0 aromatic carbocycles. The third-order valence-electron chi connectivity index (χ3n) is 3.26. The van der Waals surface area contributed by atoms with Crippen molar-refractivity contribution in [2.24, 2.45) is 11.8 Å². The maximum atomic E-state index is 11.9. The molecule has 0 aromatic heterocycles.